The van der Waals surface area contributed by atoms with Crippen molar-refractivity contribution < 1.29 is 14.6 Å². The summed E-state index contributed by atoms with van der Waals surface area (Å²) in [6.45, 7) is 10.7. The van der Waals surface area contributed by atoms with Crippen molar-refractivity contribution >= 4 is 11.3 Å². The molecule has 116 valence electrons. The average molecular weight is 302 g/mol. The number of aromatic nitrogens is 1. The molecule has 0 bridgehead atoms. The van der Waals surface area contributed by atoms with Crippen LogP contribution in [-0.2, 0) is 9.47 Å². The summed E-state index contributed by atoms with van der Waals surface area (Å²) in [4.78, 5) is 5.64. The van der Waals surface area contributed by atoms with Gasteiger partial charge in [0.25, 0.3) is 0 Å². The number of ether oxygens (including phenoxy) is 2. The first-order valence-corrected chi connectivity index (χ1v) is 7.87. The lowest BCUT2D eigenvalue weighted by molar-refractivity contribution is 0.00588. The zero-order chi connectivity index (χ0) is 15.0. The van der Waals surface area contributed by atoms with Crippen LogP contribution in [-0.4, -0.2) is 49.2 Å². The lowest BCUT2D eigenvalue weighted by atomic mass is 10.2. The molecular weight excluding hydrogens is 276 g/mol. The second kappa shape index (κ2) is 9.41. The largest absolute Gasteiger partial charge is 0.389 e. The Labute approximate surface area is 125 Å². The molecule has 0 saturated carbocycles. The Morgan fingerprint density at radius 3 is 2.60 bits per heavy atom. The Hall–Kier alpha value is -0.530. The summed E-state index contributed by atoms with van der Waals surface area (Å²) in [7, 11) is 0. The maximum absolute atomic E-state index is 9.84. The molecule has 1 aromatic heterocycles. The van der Waals surface area contributed by atoms with Crippen LogP contribution in [0.3, 0.4) is 0 Å². The molecule has 1 rings (SSSR count). The van der Waals surface area contributed by atoms with Crippen molar-refractivity contribution in [3.8, 4) is 0 Å². The van der Waals surface area contributed by atoms with Crippen molar-refractivity contribution in [2.45, 2.75) is 39.8 Å². The van der Waals surface area contributed by atoms with E-state index in [2.05, 4.69) is 17.2 Å². The van der Waals surface area contributed by atoms with Crippen LogP contribution in [0.25, 0.3) is 0 Å². The number of aliphatic hydroxyl groups is 1. The second-order valence-corrected chi connectivity index (χ2v) is 5.97. The van der Waals surface area contributed by atoms with Crippen LogP contribution < -0.4 is 5.32 Å². The monoisotopic (exact) mass is 302 g/mol. The lowest BCUT2D eigenvalue weighted by Gasteiger charge is -2.16. The molecule has 2 atom stereocenters. The number of nitrogens with one attached hydrogen (secondary N) is 1. The van der Waals surface area contributed by atoms with Gasteiger partial charge in [-0.05, 0) is 27.7 Å². The number of aryl methyl sites for hydroxylation is 2. The van der Waals surface area contributed by atoms with Gasteiger partial charge >= 0.3 is 0 Å². The van der Waals surface area contributed by atoms with E-state index in [-0.39, 0.29) is 6.04 Å². The third-order valence-electron chi connectivity index (χ3n) is 2.88. The van der Waals surface area contributed by atoms with Gasteiger partial charge in [0.2, 0.25) is 0 Å². The van der Waals surface area contributed by atoms with E-state index >= 15 is 0 Å². The van der Waals surface area contributed by atoms with Crippen molar-refractivity contribution in [2.75, 3.05) is 33.0 Å². The molecule has 20 heavy (non-hydrogen) atoms. The fraction of sp³-hybridized carbons (Fsp3) is 0.786. The summed E-state index contributed by atoms with van der Waals surface area (Å²) >= 11 is 1.70. The van der Waals surface area contributed by atoms with Gasteiger partial charge in [0.1, 0.15) is 0 Å². The van der Waals surface area contributed by atoms with Gasteiger partial charge in [-0.15, -0.1) is 11.3 Å². The molecule has 0 aliphatic rings. The van der Waals surface area contributed by atoms with Crippen molar-refractivity contribution in [3.63, 3.8) is 0 Å². The van der Waals surface area contributed by atoms with Gasteiger partial charge < -0.3 is 19.9 Å². The number of rotatable bonds is 10. The minimum atomic E-state index is -0.506. The minimum Gasteiger partial charge on any atom is -0.389 e. The third-order valence-corrected chi connectivity index (χ3v) is 4.13. The van der Waals surface area contributed by atoms with E-state index in [4.69, 9.17) is 9.47 Å². The summed E-state index contributed by atoms with van der Waals surface area (Å²) in [6, 6.07) is 0.194. The van der Waals surface area contributed by atoms with Crippen LogP contribution in [0, 0.1) is 13.8 Å². The summed E-state index contributed by atoms with van der Waals surface area (Å²) < 4.78 is 10.5. The standard InChI is InChI=1S/C14H26N2O3S/c1-5-18-6-7-19-9-13(17)8-15-10(2)14-11(3)16-12(4)20-14/h10,13,15,17H,5-9H2,1-4H3. The number of hydrogen-bond acceptors (Lipinski definition) is 6. The number of nitrogens with zero attached hydrogens (tertiary/aromatic N) is 1. The Kier molecular flexibility index (Phi) is 8.25. The second-order valence-electron chi connectivity index (χ2n) is 4.74. The van der Waals surface area contributed by atoms with E-state index in [9.17, 15) is 5.11 Å². The van der Waals surface area contributed by atoms with Gasteiger partial charge in [-0.25, -0.2) is 4.98 Å². The highest BCUT2D eigenvalue weighted by Gasteiger charge is 2.14. The van der Waals surface area contributed by atoms with E-state index in [1.54, 1.807) is 11.3 Å². The van der Waals surface area contributed by atoms with E-state index in [1.807, 2.05) is 20.8 Å². The van der Waals surface area contributed by atoms with Gasteiger partial charge in [-0.2, -0.15) is 0 Å². The van der Waals surface area contributed by atoms with E-state index in [1.165, 1.54) is 4.88 Å². The topological polar surface area (TPSA) is 63.6 Å². The van der Waals surface area contributed by atoms with Crippen LogP contribution in [0.5, 0.6) is 0 Å². The van der Waals surface area contributed by atoms with Gasteiger partial charge in [0.05, 0.1) is 36.6 Å². The SMILES string of the molecule is CCOCCOCC(O)CNC(C)c1sc(C)nc1C. The molecule has 1 heterocycles. The van der Waals surface area contributed by atoms with Gasteiger partial charge in [0.15, 0.2) is 0 Å². The Morgan fingerprint density at radius 1 is 1.30 bits per heavy atom. The van der Waals surface area contributed by atoms with E-state index in [0.717, 1.165) is 10.7 Å². The molecule has 2 unspecified atom stereocenters. The van der Waals surface area contributed by atoms with Gasteiger partial charge in [-0.3, -0.25) is 0 Å². The highest BCUT2D eigenvalue weighted by Crippen LogP contribution is 2.24. The maximum atomic E-state index is 9.84. The average Bonchev–Trinajstić information content (AvgIpc) is 2.75. The molecule has 0 spiro atoms. The molecule has 0 radical (unpaired) electrons. The first-order valence-electron chi connectivity index (χ1n) is 7.05. The smallest absolute Gasteiger partial charge is 0.0900 e. The van der Waals surface area contributed by atoms with Gasteiger partial charge in [-0.1, -0.05) is 0 Å². The third kappa shape index (κ3) is 6.28. The molecular formula is C14H26N2O3S. The Bertz CT molecular complexity index is 384. The fourth-order valence-electron chi connectivity index (χ4n) is 1.89. The summed E-state index contributed by atoms with van der Waals surface area (Å²) in [6.07, 6.45) is -0.506. The Balaban J connectivity index is 2.20. The summed E-state index contributed by atoms with van der Waals surface area (Å²) in [5.41, 5.74) is 1.06. The number of hydrogen-bond donors (Lipinski definition) is 2. The van der Waals surface area contributed by atoms with Crippen molar-refractivity contribution in [2.24, 2.45) is 0 Å². The molecule has 1 aromatic rings. The van der Waals surface area contributed by atoms with Crippen LogP contribution in [0.2, 0.25) is 0 Å². The highest BCUT2D eigenvalue weighted by molar-refractivity contribution is 7.11. The van der Waals surface area contributed by atoms with E-state index < -0.39 is 6.10 Å². The van der Waals surface area contributed by atoms with Crippen LogP contribution in [0.4, 0.5) is 0 Å². The predicted octanol–water partition coefficient (Wildman–Crippen LogP) is 1.82. The van der Waals surface area contributed by atoms with Crippen LogP contribution in [0.15, 0.2) is 0 Å². The first kappa shape index (κ1) is 17.5. The molecule has 6 heteroatoms. The quantitative estimate of drug-likeness (QED) is 0.646. The van der Waals surface area contributed by atoms with Gasteiger partial charge in [0, 0.05) is 24.1 Å². The zero-order valence-electron chi connectivity index (χ0n) is 12.8. The zero-order valence-corrected chi connectivity index (χ0v) is 13.6. The first-order chi connectivity index (χ1) is 9.54. The molecule has 0 fully saturated rings. The fourth-order valence-corrected chi connectivity index (χ4v) is 2.85. The van der Waals surface area contributed by atoms with Crippen LogP contribution >= 0.6 is 11.3 Å². The van der Waals surface area contributed by atoms with Crippen molar-refractivity contribution in [3.05, 3.63) is 15.6 Å². The van der Waals surface area contributed by atoms with Crippen molar-refractivity contribution in [1.29, 1.82) is 0 Å². The Morgan fingerprint density at radius 2 is 2.00 bits per heavy atom. The highest BCUT2D eigenvalue weighted by atomic mass is 32.1. The molecule has 0 aliphatic carbocycles. The molecule has 0 aliphatic heterocycles. The maximum Gasteiger partial charge on any atom is 0.0900 e. The lowest BCUT2D eigenvalue weighted by Crippen LogP contribution is -2.32. The van der Waals surface area contributed by atoms with E-state index in [0.29, 0.717) is 33.0 Å². The normalized spacial score (nSPS) is 14.4. The van der Waals surface area contributed by atoms with Crippen LogP contribution in [0.1, 0.15) is 35.5 Å². The number of thiazole rings is 1. The summed E-state index contributed by atoms with van der Waals surface area (Å²) in [5.74, 6) is 0. The molecule has 2 N–H and O–H groups in total. The minimum absolute atomic E-state index is 0.194. The van der Waals surface area contributed by atoms with Crippen molar-refractivity contribution in [1.82, 2.24) is 10.3 Å². The predicted molar refractivity (Wildman–Crippen MR) is 81.3 cm³/mol. The molecule has 0 amide bonds. The summed E-state index contributed by atoms with van der Waals surface area (Å²) in [5, 5.41) is 14.2. The molecule has 0 saturated heterocycles. The molecule has 5 nitrogen and oxygen atoms in total. The molecule has 0 aromatic carbocycles. The number of aliphatic hydroxyl groups excluding tert-OH is 1.